The first-order chi connectivity index (χ1) is 13.0. The number of nitrogens with one attached hydrogen (secondary N) is 1. The van der Waals surface area contributed by atoms with Crippen LogP contribution in [0.4, 0.5) is 5.69 Å². The van der Waals surface area contributed by atoms with Gasteiger partial charge in [0, 0.05) is 19.6 Å². The van der Waals surface area contributed by atoms with E-state index in [1.807, 2.05) is 48.6 Å². The van der Waals surface area contributed by atoms with Crippen molar-refractivity contribution in [1.29, 1.82) is 0 Å². The van der Waals surface area contributed by atoms with Crippen LogP contribution >= 0.6 is 0 Å². The number of hydrogen-bond donors (Lipinski definition) is 1. The molecule has 0 aliphatic carbocycles. The van der Waals surface area contributed by atoms with Gasteiger partial charge in [0.15, 0.2) is 0 Å². The molecule has 0 radical (unpaired) electrons. The predicted octanol–water partition coefficient (Wildman–Crippen LogP) is 3.03. The Balaban J connectivity index is 1.66. The van der Waals surface area contributed by atoms with Crippen LogP contribution in [0.2, 0.25) is 0 Å². The summed E-state index contributed by atoms with van der Waals surface area (Å²) in [6.45, 7) is 10.5. The van der Waals surface area contributed by atoms with Crippen molar-refractivity contribution in [2.24, 2.45) is 0 Å². The molecule has 6 heteroatoms. The zero-order valence-electron chi connectivity index (χ0n) is 15.5. The topological polar surface area (TPSA) is 52.7 Å². The maximum absolute atomic E-state index is 12.7. The maximum atomic E-state index is 12.7. The van der Waals surface area contributed by atoms with E-state index in [2.05, 4.69) is 22.8 Å². The Morgan fingerprint density at radius 2 is 1.85 bits per heavy atom. The normalized spacial score (nSPS) is 22.4. The molecule has 2 aliphatic heterocycles. The quantitative estimate of drug-likeness (QED) is 0.766. The van der Waals surface area contributed by atoms with Crippen molar-refractivity contribution in [2.75, 3.05) is 30.5 Å². The average molecular weight is 386 g/mol. The molecule has 0 saturated carbocycles. The van der Waals surface area contributed by atoms with Crippen LogP contribution in [0.1, 0.15) is 12.8 Å². The summed E-state index contributed by atoms with van der Waals surface area (Å²) in [5, 5.41) is 0. The Kier molecular flexibility index (Phi) is 5.99. The lowest BCUT2D eigenvalue weighted by atomic mass is 9.88. The van der Waals surface area contributed by atoms with E-state index in [0.717, 1.165) is 38.2 Å². The molecule has 5 nitrogen and oxygen atoms in total. The van der Waals surface area contributed by atoms with Gasteiger partial charge >= 0.3 is 10.2 Å². The second-order valence-corrected chi connectivity index (χ2v) is 8.67. The molecule has 0 atom stereocenters. The van der Waals surface area contributed by atoms with E-state index in [1.54, 1.807) is 12.2 Å². The SMILES string of the molecule is C=C/C=C\C(=C/C=C)CN1CCC2(CC1)CN(c1ccccc1)S(=O)(=O)N2. The lowest BCUT2D eigenvalue weighted by molar-refractivity contribution is 0.173. The third-order valence-corrected chi connectivity index (χ3v) is 6.73. The van der Waals surface area contributed by atoms with E-state index >= 15 is 0 Å². The summed E-state index contributed by atoms with van der Waals surface area (Å²) in [4.78, 5) is 2.35. The molecule has 1 aromatic carbocycles. The fraction of sp³-hybridized carbons (Fsp3) is 0.333. The van der Waals surface area contributed by atoms with Gasteiger partial charge in [0.2, 0.25) is 0 Å². The fourth-order valence-electron chi connectivity index (χ4n) is 3.71. The number of rotatable bonds is 6. The van der Waals surface area contributed by atoms with Gasteiger partial charge in [0.1, 0.15) is 0 Å². The Morgan fingerprint density at radius 3 is 2.48 bits per heavy atom. The molecular weight excluding hydrogens is 358 g/mol. The first kappa shape index (κ1) is 19.6. The van der Waals surface area contributed by atoms with Gasteiger partial charge in [-0.3, -0.25) is 9.21 Å². The third-order valence-electron chi connectivity index (χ3n) is 5.12. The van der Waals surface area contributed by atoms with Crippen molar-refractivity contribution in [2.45, 2.75) is 18.4 Å². The molecule has 3 rings (SSSR count). The molecule has 27 heavy (non-hydrogen) atoms. The van der Waals surface area contributed by atoms with Crippen LogP contribution in [0.5, 0.6) is 0 Å². The number of nitrogens with zero attached hydrogens (tertiary/aromatic N) is 2. The van der Waals surface area contributed by atoms with Gasteiger partial charge in [-0.1, -0.05) is 61.7 Å². The Hall–Kier alpha value is -2.15. The molecule has 1 aromatic rings. The van der Waals surface area contributed by atoms with Crippen molar-refractivity contribution in [3.05, 3.63) is 79.4 Å². The van der Waals surface area contributed by atoms with Crippen LogP contribution in [0.3, 0.4) is 0 Å². The highest BCUT2D eigenvalue weighted by atomic mass is 32.2. The second kappa shape index (κ2) is 8.25. The van der Waals surface area contributed by atoms with E-state index in [4.69, 9.17) is 0 Å². The molecule has 1 N–H and O–H groups in total. The molecule has 2 fully saturated rings. The number of para-hydroxylation sites is 1. The molecule has 2 saturated heterocycles. The minimum atomic E-state index is -3.49. The highest BCUT2D eigenvalue weighted by molar-refractivity contribution is 7.91. The monoisotopic (exact) mass is 385 g/mol. The highest BCUT2D eigenvalue weighted by Crippen LogP contribution is 2.33. The van der Waals surface area contributed by atoms with E-state index in [0.29, 0.717) is 6.54 Å². The van der Waals surface area contributed by atoms with Crippen LogP contribution in [0.15, 0.2) is 79.4 Å². The Morgan fingerprint density at radius 1 is 1.15 bits per heavy atom. The van der Waals surface area contributed by atoms with Crippen molar-refractivity contribution >= 4 is 15.9 Å². The minimum Gasteiger partial charge on any atom is -0.299 e. The van der Waals surface area contributed by atoms with Crippen molar-refractivity contribution in [3.8, 4) is 0 Å². The molecule has 0 amide bonds. The van der Waals surface area contributed by atoms with Gasteiger partial charge in [-0.2, -0.15) is 13.1 Å². The molecule has 2 heterocycles. The number of likely N-dealkylation sites (tertiary alicyclic amines) is 1. The van der Waals surface area contributed by atoms with E-state index < -0.39 is 10.2 Å². The molecule has 1 spiro atoms. The summed E-state index contributed by atoms with van der Waals surface area (Å²) in [5.41, 5.74) is 1.50. The molecule has 0 aromatic heterocycles. The average Bonchev–Trinajstić information content (AvgIpc) is 2.93. The van der Waals surface area contributed by atoms with Crippen molar-refractivity contribution in [3.63, 3.8) is 0 Å². The zero-order chi connectivity index (χ0) is 19.3. The maximum Gasteiger partial charge on any atom is 0.302 e. The number of hydrogen-bond acceptors (Lipinski definition) is 3. The molecule has 0 bridgehead atoms. The van der Waals surface area contributed by atoms with Gasteiger partial charge in [-0.15, -0.1) is 0 Å². The van der Waals surface area contributed by atoms with Crippen LogP contribution in [-0.4, -0.2) is 45.0 Å². The van der Waals surface area contributed by atoms with Crippen molar-refractivity contribution in [1.82, 2.24) is 9.62 Å². The molecule has 0 unspecified atom stereocenters. The number of benzene rings is 1. The molecule has 2 aliphatic rings. The highest BCUT2D eigenvalue weighted by Gasteiger charge is 2.48. The third kappa shape index (κ3) is 4.58. The second-order valence-electron chi connectivity index (χ2n) is 7.08. The summed E-state index contributed by atoms with van der Waals surface area (Å²) in [5.74, 6) is 0. The fourth-order valence-corrected chi connectivity index (χ4v) is 5.45. The summed E-state index contributed by atoms with van der Waals surface area (Å²) in [6.07, 6.45) is 11.1. The zero-order valence-corrected chi connectivity index (χ0v) is 16.4. The van der Waals surface area contributed by atoms with Crippen LogP contribution in [0.25, 0.3) is 0 Å². The van der Waals surface area contributed by atoms with E-state index in [-0.39, 0.29) is 5.54 Å². The lowest BCUT2D eigenvalue weighted by Crippen LogP contribution is -2.52. The summed E-state index contributed by atoms with van der Waals surface area (Å²) >= 11 is 0. The molecule has 144 valence electrons. The van der Waals surface area contributed by atoms with Crippen molar-refractivity contribution < 1.29 is 8.42 Å². The van der Waals surface area contributed by atoms with Gasteiger partial charge in [-0.05, 0) is 30.5 Å². The van der Waals surface area contributed by atoms with Gasteiger partial charge in [0.05, 0.1) is 17.8 Å². The Labute approximate surface area is 162 Å². The first-order valence-corrected chi connectivity index (χ1v) is 10.6. The van der Waals surface area contributed by atoms with Gasteiger partial charge < -0.3 is 0 Å². The van der Waals surface area contributed by atoms with E-state index in [9.17, 15) is 8.42 Å². The largest absolute Gasteiger partial charge is 0.302 e. The minimum absolute atomic E-state index is 0.384. The summed E-state index contributed by atoms with van der Waals surface area (Å²) in [6, 6.07) is 9.30. The smallest absolute Gasteiger partial charge is 0.299 e. The predicted molar refractivity (Wildman–Crippen MR) is 112 cm³/mol. The van der Waals surface area contributed by atoms with Gasteiger partial charge in [-0.25, -0.2) is 0 Å². The van der Waals surface area contributed by atoms with Crippen LogP contribution in [-0.2, 0) is 10.2 Å². The standard InChI is InChI=1S/C21H27N3O2S/c1-3-5-10-19(9-4-2)17-23-15-13-21(14-16-23)18-24(27(25,26)22-21)20-11-7-6-8-12-20/h3-12,22H,1-2,13-18H2/b10-5-,19-9+. The molecular formula is C21H27N3O2S. The number of anilines is 1. The van der Waals surface area contributed by atoms with E-state index in [1.165, 1.54) is 9.88 Å². The van der Waals surface area contributed by atoms with Crippen LogP contribution < -0.4 is 9.03 Å². The number of allylic oxidation sites excluding steroid dienone is 4. The Bertz CT molecular complexity index is 835. The van der Waals surface area contributed by atoms with Gasteiger partial charge in [0.25, 0.3) is 0 Å². The first-order valence-electron chi connectivity index (χ1n) is 9.18. The summed E-state index contributed by atoms with van der Waals surface area (Å²) < 4.78 is 29.8. The van der Waals surface area contributed by atoms with Crippen LogP contribution in [0, 0.1) is 0 Å². The summed E-state index contributed by atoms with van der Waals surface area (Å²) in [7, 11) is -3.49. The lowest BCUT2D eigenvalue weighted by Gasteiger charge is -2.38. The number of piperidine rings is 1.